The Morgan fingerprint density at radius 3 is 2.69 bits per heavy atom. The second-order valence-corrected chi connectivity index (χ2v) is 4.62. The third-order valence-electron chi connectivity index (χ3n) is 3.48. The zero-order valence-corrected chi connectivity index (χ0v) is 8.35. The Morgan fingerprint density at radius 2 is 2.31 bits per heavy atom. The molecule has 0 unspecified atom stereocenters. The lowest BCUT2D eigenvalue weighted by Crippen LogP contribution is -2.28. The van der Waals surface area contributed by atoms with Crippen LogP contribution in [0.15, 0.2) is 0 Å². The molecule has 13 heavy (non-hydrogen) atoms. The van der Waals surface area contributed by atoms with Crippen molar-refractivity contribution in [3.63, 3.8) is 0 Å². The highest BCUT2D eigenvalue weighted by atomic mass is 35.5. The van der Waals surface area contributed by atoms with Gasteiger partial charge >= 0.3 is 5.97 Å². The molecular formula is C9H11ClO3. The molecule has 3 atom stereocenters. The molecule has 3 nitrogen and oxygen atoms in total. The molecular weight excluding hydrogens is 192 g/mol. The van der Waals surface area contributed by atoms with Crippen molar-refractivity contribution in [2.75, 3.05) is 7.11 Å². The largest absolute Gasteiger partial charge is 0.468 e. The minimum Gasteiger partial charge on any atom is -0.468 e. The van der Waals surface area contributed by atoms with Crippen LogP contribution < -0.4 is 0 Å². The van der Waals surface area contributed by atoms with Gasteiger partial charge in [0.25, 0.3) is 0 Å². The maximum atomic E-state index is 11.4. The fourth-order valence-corrected chi connectivity index (χ4v) is 3.15. The minimum absolute atomic E-state index is 0.0999. The number of ketones is 1. The highest BCUT2D eigenvalue weighted by Crippen LogP contribution is 2.73. The second-order valence-electron chi connectivity index (χ2n) is 4.02. The van der Waals surface area contributed by atoms with Crippen molar-refractivity contribution < 1.29 is 14.3 Å². The number of Topliss-reactive ketones (excluding diaryl/α,β-unsaturated/α-hetero) is 1. The fourth-order valence-electron chi connectivity index (χ4n) is 2.56. The van der Waals surface area contributed by atoms with E-state index in [0.29, 0.717) is 12.8 Å². The van der Waals surface area contributed by atoms with Gasteiger partial charge in [0.1, 0.15) is 5.78 Å². The summed E-state index contributed by atoms with van der Waals surface area (Å²) < 4.78 is 4.60. The van der Waals surface area contributed by atoms with Crippen LogP contribution in [0, 0.1) is 11.3 Å². The Labute approximate surface area is 81.4 Å². The van der Waals surface area contributed by atoms with Crippen molar-refractivity contribution in [3.05, 3.63) is 0 Å². The number of hydrogen-bond acceptors (Lipinski definition) is 3. The van der Waals surface area contributed by atoms with Gasteiger partial charge in [-0.25, -0.2) is 0 Å². The van der Waals surface area contributed by atoms with Crippen LogP contribution in [0.3, 0.4) is 0 Å². The summed E-state index contributed by atoms with van der Waals surface area (Å²) in [5.41, 5.74) is -0.348. The molecule has 0 amide bonds. The number of fused-ring (bicyclic) bond motifs is 1. The average molecular weight is 203 g/mol. The second kappa shape index (κ2) is 2.27. The third kappa shape index (κ3) is 0.766. The van der Waals surface area contributed by atoms with Gasteiger partial charge in [-0.15, -0.1) is 11.6 Å². The zero-order chi connectivity index (χ0) is 9.85. The van der Waals surface area contributed by atoms with Gasteiger partial charge in [-0.3, -0.25) is 9.59 Å². The van der Waals surface area contributed by atoms with Gasteiger partial charge in [-0.1, -0.05) is 6.92 Å². The standard InChI is InChI=1S/C9H11ClO3/c1-8-4-3-5(11)6(8)9(8,10)7(12)13-2/h6H,3-4H2,1-2H3/t6-,8+,9+/m1/s1. The quantitative estimate of drug-likeness (QED) is 0.473. The Morgan fingerprint density at radius 1 is 1.69 bits per heavy atom. The van der Waals surface area contributed by atoms with Crippen molar-refractivity contribution in [1.82, 2.24) is 0 Å². The molecule has 4 heteroatoms. The summed E-state index contributed by atoms with van der Waals surface area (Å²) in [6.07, 6.45) is 1.25. The summed E-state index contributed by atoms with van der Waals surface area (Å²) in [5, 5.41) is 0. The molecule has 2 aliphatic rings. The number of carbonyl (C=O) groups is 2. The smallest absolute Gasteiger partial charge is 0.328 e. The summed E-state index contributed by atoms with van der Waals surface area (Å²) in [5.74, 6) is -0.674. The van der Waals surface area contributed by atoms with Gasteiger partial charge < -0.3 is 4.74 Å². The van der Waals surface area contributed by atoms with Gasteiger partial charge in [-0.2, -0.15) is 0 Å². The first-order chi connectivity index (χ1) is 5.98. The van der Waals surface area contributed by atoms with E-state index >= 15 is 0 Å². The van der Waals surface area contributed by atoms with E-state index in [1.807, 2.05) is 6.92 Å². The zero-order valence-electron chi connectivity index (χ0n) is 7.59. The lowest BCUT2D eigenvalue weighted by molar-refractivity contribution is -0.143. The number of methoxy groups -OCH3 is 1. The van der Waals surface area contributed by atoms with Crippen LogP contribution in [0.4, 0.5) is 0 Å². The molecule has 0 aliphatic heterocycles. The van der Waals surface area contributed by atoms with Gasteiger partial charge in [0, 0.05) is 11.8 Å². The molecule has 72 valence electrons. The van der Waals surface area contributed by atoms with E-state index in [0.717, 1.165) is 0 Å². The van der Waals surface area contributed by atoms with Crippen LogP contribution in [0.1, 0.15) is 19.8 Å². The molecule has 0 aromatic rings. The van der Waals surface area contributed by atoms with Crippen molar-refractivity contribution in [3.8, 4) is 0 Å². The lowest BCUT2D eigenvalue weighted by atomic mass is 10.0. The number of alkyl halides is 1. The summed E-state index contributed by atoms with van der Waals surface area (Å²) in [4.78, 5) is 21.7. The normalized spacial score (nSPS) is 47.3. The topological polar surface area (TPSA) is 43.4 Å². The van der Waals surface area contributed by atoms with Crippen LogP contribution in [0.5, 0.6) is 0 Å². The number of halogens is 1. The van der Waals surface area contributed by atoms with Crippen molar-refractivity contribution in [2.45, 2.75) is 24.6 Å². The van der Waals surface area contributed by atoms with Crippen LogP contribution in [0.2, 0.25) is 0 Å². The molecule has 0 saturated heterocycles. The third-order valence-corrected chi connectivity index (χ3v) is 4.28. The van der Waals surface area contributed by atoms with Gasteiger partial charge in [-0.05, 0) is 6.42 Å². The average Bonchev–Trinajstić information content (AvgIpc) is 2.41. The summed E-state index contributed by atoms with van der Waals surface area (Å²) in [6, 6.07) is 0. The van der Waals surface area contributed by atoms with Crippen LogP contribution in [-0.2, 0) is 14.3 Å². The van der Waals surface area contributed by atoms with Crippen LogP contribution in [0.25, 0.3) is 0 Å². The first-order valence-corrected chi connectivity index (χ1v) is 4.66. The number of hydrogen-bond donors (Lipinski definition) is 0. The Bertz CT molecular complexity index is 301. The summed E-state index contributed by atoms with van der Waals surface area (Å²) in [6.45, 7) is 1.88. The maximum Gasteiger partial charge on any atom is 0.328 e. The number of rotatable bonds is 1. The molecule has 0 aromatic carbocycles. The van der Waals surface area contributed by atoms with Gasteiger partial charge in [0.05, 0.1) is 13.0 Å². The van der Waals surface area contributed by atoms with E-state index < -0.39 is 10.8 Å². The monoisotopic (exact) mass is 202 g/mol. The van der Waals surface area contributed by atoms with Crippen LogP contribution >= 0.6 is 11.6 Å². The Balaban J connectivity index is 2.31. The van der Waals surface area contributed by atoms with Crippen molar-refractivity contribution in [1.29, 1.82) is 0 Å². The lowest BCUT2D eigenvalue weighted by Gasteiger charge is -2.13. The molecule has 0 spiro atoms. The van der Waals surface area contributed by atoms with Gasteiger partial charge in [0.15, 0.2) is 4.87 Å². The first-order valence-electron chi connectivity index (χ1n) is 4.28. The van der Waals surface area contributed by atoms with Crippen molar-refractivity contribution >= 4 is 23.4 Å². The number of ether oxygens (including phenoxy) is 1. The molecule has 0 radical (unpaired) electrons. The molecule has 0 aromatic heterocycles. The predicted octanol–water partition coefficient (Wildman–Crippen LogP) is 1.14. The van der Waals surface area contributed by atoms with E-state index in [1.165, 1.54) is 7.11 Å². The number of carbonyl (C=O) groups excluding carboxylic acids is 2. The maximum absolute atomic E-state index is 11.4. The molecule has 0 N–H and O–H groups in total. The van der Waals surface area contributed by atoms with E-state index in [9.17, 15) is 9.59 Å². The molecule has 2 fully saturated rings. The van der Waals surface area contributed by atoms with Crippen LogP contribution in [-0.4, -0.2) is 23.7 Å². The Hall–Kier alpha value is -0.570. The summed E-state index contributed by atoms with van der Waals surface area (Å²) >= 11 is 6.10. The molecule has 2 saturated carbocycles. The minimum atomic E-state index is -1.06. The fraction of sp³-hybridized carbons (Fsp3) is 0.778. The van der Waals surface area contributed by atoms with E-state index in [-0.39, 0.29) is 17.1 Å². The molecule has 0 bridgehead atoms. The highest BCUT2D eigenvalue weighted by Gasteiger charge is 2.83. The predicted molar refractivity (Wildman–Crippen MR) is 46.4 cm³/mol. The van der Waals surface area contributed by atoms with Crippen molar-refractivity contribution in [2.24, 2.45) is 11.3 Å². The summed E-state index contributed by atoms with van der Waals surface area (Å²) in [7, 11) is 1.30. The molecule has 2 aliphatic carbocycles. The Kier molecular flexibility index (Phi) is 1.57. The highest BCUT2D eigenvalue weighted by molar-refractivity contribution is 6.40. The van der Waals surface area contributed by atoms with E-state index in [2.05, 4.69) is 4.74 Å². The number of esters is 1. The first kappa shape index (κ1) is 9.00. The SMILES string of the molecule is COC(=O)[C@@]1(Cl)[C@@H]2C(=O)CC[C@@]21C. The molecule has 0 heterocycles. The molecule has 2 rings (SSSR count). The van der Waals surface area contributed by atoms with E-state index in [4.69, 9.17) is 11.6 Å². The van der Waals surface area contributed by atoms with Gasteiger partial charge in [0.2, 0.25) is 0 Å². The van der Waals surface area contributed by atoms with E-state index in [1.54, 1.807) is 0 Å².